The van der Waals surface area contributed by atoms with Crippen LogP contribution in [0.1, 0.15) is 20.3 Å². The van der Waals surface area contributed by atoms with E-state index in [1.165, 1.54) is 18.0 Å². The Kier molecular flexibility index (Phi) is 10.4. The van der Waals surface area contributed by atoms with Crippen molar-refractivity contribution in [2.75, 3.05) is 30.5 Å². The average molecular weight is 407 g/mol. The van der Waals surface area contributed by atoms with Crippen LogP contribution >= 0.6 is 11.8 Å². The van der Waals surface area contributed by atoms with E-state index in [1.807, 2.05) is 20.1 Å². The first kappa shape index (κ1) is 23.2. The lowest BCUT2D eigenvalue weighted by molar-refractivity contribution is -0.141. The number of thioether (sulfide) groups is 1. The van der Waals surface area contributed by atoms with Crippen molar-refractivity contribution in [3.63, 3.8) is 0 Å². The maximum absolute atomic E-state index is 12.2. The van der Waals surface area contributed by atoms with Gasteiger partial charge in [-0.3, -0.25) is 4.79 Å². The summed E-state index contributed by atoms with van der Waals surface area (Å²) in [6, 6.07) is 5.86. The summed E-state index contributed by atoms with van der Waals surface area (Å²) >= 11 is 1.48. The van der Waals surface area contributed by atoms with E-state index in [0.717, 1.165) is 0 Å². The number of carboxylic acid groups (broad SMARTS) is 1. The molecule has 28 heavy (non-hydrogen) atoms. The van der Waals surface area contributed by atoms with Crippen LogP contribution in [0, 0.1) is 11.3 Å². The van der Waals surface area contributed by atoms with Crippen LogP contribution in [0.25, 0.3) is 0 Å². The minimum absolute atomic E-state index is 0.234. The quantitative estimate of drug-likeness (QED) is 0.357. The maximum atomic E-state index is 12.2. The second-order valence-corrected chi connectivity index (χ2v) is 6.47. The number of carbonyl (C=O) groups excluding carboxylic acids is 1. The second kappa shape index (κ2) is 12.5. The standard InChI is InChI=1S/C19H25N3O5S/c1-4-26-16-7-6-14(10-17(16)27-5-2)21-12-13(11-20)18(23)22-15(19(24)25)8-9-28-3/h6-7,10,12,15,21H,4-5,8-9H2,1-3H3,(H,22,23)(H,24,25)/b13-12-. The Morgan fingerprint density at radius 1 is 1.29 bits per heavy atom. The average Bonchev–Trinajstić information content (AvgIpc) is 2.67. The Labute approximate surface area is 168 Å². The highest BCUT2D eigenvalue weighted by atomic mass is 32.2. The minimum Gasteiger partial charge on any atom is -0.490 e. The molecule has 1 rings (SSSR count). The predicted octanol–water partition coefficient (Wildman–Crippen LogP) is 2.63. The molecular weight excluding hydrogens is 382 g/mol. The number of aliphatic carboxylic acids is 1. The lowest BCUT2D eigenvalue weighted by Crippen LogP contribution is -2.41. The Morgan fingerprint density at radius 3 is 2.54 bits per heavy atom. The van der Waals surface area contributed by atoms with Gasteiger partial charge in [0.05, 0.1) is 13.2 Å². The molecule has 1 aromatic rings. The van der Waals surface area contributed by atoms with E-state index in [0.29, 0.717) is 36.2 Å². The van der Waals surface area contributed by atoms with Crippen LogP contribution in [0.4, 0.5) is 5.69 Å². The molecule has 0 bridgehead atoms. The highest BCUT2D eigenvalue weighted by Crippen LogP contribution is 2.30. The van der Waals surface area contributed by atoms with Crippen LogP contribution in [-0.2, 0) is 9.59 Å². The van der Waals surface area contributed by atoms with Crippen LogP contribution in [0.5, 0.6) is 11.5 Å². The summed E-state index contributed by atoms with van der Waals surface area (Å²) in [5.74, 6) is -0.183. The molecule has 1 aromatic carbocycles. The van der Waals surface area contributed by atoms with E-state index in [-0.39, 0.29) is 12.0 Å². The Hall–Kier alpha value is -2.86. The van der Waals surface area contributed by atoms with Crippen LogP contribution in [0.2, 0.25) is 0 Å². The summed E-state index contributed by atoms with van der Waals surface area (Å²) in [7, 11) is 0. The van der Waals surface area contributed by atoms with Crippen LogP contribution in [-0.4, -0.2) is 48.2 Å². The van der Waals surface area contributed by atoms with Gasteiger partial charge in [0.25, 0.3) is 5.91 Å². The van der Waals surface area contributed by atoms with Crippen molar-refractivity contribution in [1.82, 2.24) is 5.32 Å². The molecule has 0 heterocycles. The monoisotopic (exact) mass is 407 g/mol. The van der Waals surface area contributed by atoms with Gasteiger partial charge in [-0.2, -0.15) is 17.0 Å². The van der Waals surface area contributed by atoms with Gasteiger partial charge in [-0.05, 0) is 44.4 Å². The molecule has 1 atom stereocenters. The molecule has 1 unspecified atom stereocenters. The third kappa shape index (κ3) is 7.40. The molecule has 0 saturated heterocycles. The van der Waals surface area contributed by atoms with Gasteiger partial charge in [-0.25, -0.2) is 4.79 Å². The highest BCUT2D eigenvalue weighted by molar-refractivity contribution is 7.98. The number of benzene rings is 1. The first-order chi connectivity index (χ1) is 13.5. The summed E-state index contributed by atoms with van der Waals surface area (Å²) in [5, 5.41) is 23.7. The van der Waals surface area contributed by atoms with Gasteiger partial charge < -0.3 is 25.2 Å². The summed E-state index contributed by atoms with van der Waals surface area (Å²) in [6.07, 6.45) is 3.35. The smallest absolute Gasteiger partial charge is 0.326 e. The molecule has 0 spiro atoms. The van der Waals surface area contributed by atoms with E-state index >= 15 is 0 Å². The number of rotatable bonds is 12. The molecule has 3 N–H and O–H groups in total. The van der Waals surface area contributed by atoms with E-state index in [4.69, 9.17) is 9.47 Å². The number of amides is 1. The van der Waals surface area contributed by atoms with Crippen molar-refractivity contribution in [2.45, 2.75) is 26.3 Å². The number of anilines is 1. The SMILES string of the molecule is CCOc1ccc(N/C=C(/C#N)C(=O)NC(CCSC)C(=O)O)cc1OCC. The third-order valence-electron chi connectivity index (χ3n) is 3.51. The largest absolute Gasteiger partial charge is 0.490 e. The predicted molar refractivity (Wildman–Crippen MR) is 109 cm³/mol. The third-order valence-corrected chi connectivity index (χ3v) is 4.15. The first-order valence-corrected chi connectivity index (χ1v) is 10.1. The van der Waals surface area contributed by atoms with Gasteiger partial charge in [0.1, 0.15) is 17.7 Å². The van der Waals surface area contributed by atoms with E-state index < -0.39 is 17.9 Å². The lowest BCUT2D eigenvalue weighted by atomic mass is 10.2. The second-order valence-electron chi connectivity index (χ2n) is 5.49. The van der Waals surface area contributed by atoms with Crippen molar-refractivity contribution in [1.29, 1.82) is 5.26 Å². The molecule has 1 amide bonds. The Bertz CT molecular complexity index is 746. The number of carboxylic acids is 1. The molecule has 0 saturated carbocycles. The highest BCUT2D eigenvalue weighted by Gasteiger charge is 2.21. The number of hydrogen-bond acceptors (Lipinski definition) is 7. The van der Waals surface area contributed by atoms with Gasteiger partial charge in [0.15, 0.2) is 11.5 Å². The van der Waals surface area contributed by atoms with Crippen LogP contribution < -0.4 is 20.1 Å². The number of nitrogens with zero attached hydrogens (tertiary/aromatic N) is 1. The number of nitrogens with one attached hydrogen (secondary N) is 2. The molecule has 0 aliphatic carbocycles. The van der Waals surface area contributed by atoms with Gasteiger partial charge in [-0.15, -0.1) is 0 Å². The molecule has 0 aliphatic rings. The van der Waals surface area contributed by atoms with Crippen molar-refractivity contribution >= 4 is 29.3 Å². The molecule has 0 aromatic heterocycles. The molecular formula is C19H25N3O5S. The van der Waals surface area contributed by atoms with Crippen molar-refractivity contribution in [3.8, 4) is 17.6 Å². The van der Waals surface area contributed by atoms with Gasteiger partial charge >= 0.3 is 5.97 Å². The van der Waals surface area contributed by atoms with E-state index in [2.05, 4.69) is 10.6 Å². The zero-order valence-electron chi connectivity index (χ0n) is 16.2. The number of nitriles is 1. The van der Waals surface area contributed by atoms with Crippen molar-refractivity contribution in [3.05, 3.63) is 30.0 Å². The molecule has 0 fully saturated rings. The zero-order valence-corrected chi connectivity index (χ0v) is 17.0. The van der Waals surface area contributed by atoms with E-state index in [9.17, 15) is 20.0 Å². The fraction of sp³-hybridized carbons (Fsp3) is 0.421. The molecule has 0 aliphatic heterocycles. The summed E-state index contributed by atoms with van der Waals surface area (Å²) in [6.45, 7) is 4.67. The van der Waals surface area contributed by atoms with Gasteiger partial charge in [0.2, 0.25) is 0 Å². The molecule has 152 valence electrons. The fourth-order valence-electron chi connectivity index (χ4n) is 2.17. The maximum Gasteiger partial charge on any atom is 0.326 e. The lowest BCUT2D eigenvalue weighted by Gasteiger charge is -2.14. The topological polar surface area (TPSA) is 121 Å². The Morgan fingerprint density at radius 2 is 1.96 bits per heavy atom. The Balaban J connectivity index is 2.89. The summed E-state index contributed by atoms with van der Waals surface area (Å²) in [4.78, 5) is 23.5. The van der Waals surface area contributed by atoms with E-state index in [1.54, 1.807) is 24.3 Å². The van der Waals surface area contributed by atoms with Crippen LogP contribution in [0.3, 0.4) is 0 Å². The number of ether oxygens (including phenoxy) is 2. The van der Waals surface area contributed by atoms with Crippen LogP contribution in [0.15, 0.2) is 30.0 Å². The summed E-state index contributed by atoms with van der Waals surface area (Å²) < 4.78 is 11.0. The number of carbonyl (C=O) groups is 2. The van der Waals surface area contributed by atoms with Crippen molar-refractivity contribution in [2.24, 2.45) is 0 Å². The van der Waals surface area contributed by atoms with Crippen molar-refractivity contribution < 1.29 is 24.2 Å². The fourth-order valence-corrected chi connectivity index (χ4v) is 2.65. The molecule has 8 nitrogen and oxygen atoms in total. The normalized spacial score (nSPS) is 11.9. The molecule has 9 heteroatoms. The molecule has 0 radical (unpaired) electrons. The minimum atomic E-state index is -1.14. The zero-order chi connectivity index (χ0) is 20.9. The van der Waals surface area contributed by atoms with Gasteiger partial charge in [-0.1, -0.05) is 0 Å². The summed E-state index contributed by atoms with van der Waals surface area (Å²) in [5.41, 5.74) is 0.354. The first-order valence-electron chi connectivity index (χ1n) is 8.75. The number of hydrogen-bond donors (Lipinski definition) is 3. The van der Waals surface area contributed by atoms with Gasteiger partial charge in [0, 0.05) is 18.0 Å².